The van der Waals surface area contributed by atoms with E-state index in [0.717, 1.165) is 18.4 Å². The second kappa shape index (κ2) is 7.21. The molecule has 0 spiro atoms. The number of benzene rings is 1. The molecule has 0 aliphatic heterocycles. The van der Waals surface area contributed by atoms with Crippen LogP contribution in [0.5, 0.6) is 0 Å². The van der Waals surface area contributed by atoms with Crippen molar-refractivity contribution in [2.75, 3.05) is 13.3 Å². The molecular weight excluding hydrogens is 308 g/mol. The maximum Gasteiger partial charge on any atom is 0.228 e. The molecular formula is C18H22N2O2S. The largest absolute Gasteiger partial charge is 0.356 e. The Morgan fingerprint density at radius 1 is 1.35 bits per heavy atom. The second-order valence-corrected chi connectivity index (χ2v) is 7.19. The van der Waals surface area contributed by atoms with E-state index in [1.807, 2.05) is 60.1 Å². The summed E-state index contributed by atoms with van der Waals surface area (Å²) in [6, 6.07) is 12.0. The molecule has 1 fully saturated rings. The van der Waals surface area contributed by atoms with Crippen molar-refractivity contribution in [2.24, 2.45) is 0 Å². The van der Waals surface area contributed by atoms with Gasteiger partial charge in [0.1, 0.15) is 0 Å². The minimum atomic E-state index is 0.115. The third-order valence-electron chi connectivity index (χ3n) is 4.58. The summed E-state index contributed by atoms with van der Waals surface area (Å²) in [5, 5.41) is 4.73. The van der Waals surface area contributed by atoms with E-state index in [1.165, 1.54) is 6.42 Å². The zero-order valence-electron chi connectivity index (χ0n) is 13.6. The van der Waals surface area contributed by atoms with Crippen molar-refractivity contribution in [3.63, 3.8) is 0 Å². The van der Waals surface area contributed by atoms with Gasteiger partial charge >= 0.3 is 0 Å². The Morgan fingerprint density at radius 2 is 2.13 bits per heavy atom. The quantitative estimate of drug-likeness (QED) is 0.840. The van der Waals surface area contributed by atoms with E-state index in [4.69, 9.17) is 4.52 Å². The second-order valence-electron chi connectivity index (χ2n) is 6.05. The molecule has 0 bridgehead atoms. The summed E-state index contributed by atoms with van der Waals surface area (Å²) in [5.74, 6) is 0.823. The van der Waals surface area contributed by atoms with Crippen LogP contribution in [0.1, 0.15) is 25.0 Å². The average molecular weight is 330 g/mol. The zero-order chi connectivity index (χ0) is 16.2. The molecule has 4 nitrogen and oxygen atoms in total. The lowest BCUT2D eigenvalue weighted by Gasteiger charge is -2.24. The van der Waals surface area contributed by atoms with Crippen molar-refractivity contribution in [1.29, 1.82) is 0 Å². The minimum Gasteiger partial charge on any atom is -0.356 e. The Kier molecular flexibility index (Phi) is 5.06. The lowest BCUT2D eigenvalue weighted by Crippen LogP contribution is -2.36. The fourth-order valence-corrected chi connectivity index (χ4v) is 3.89. The van der Waals surface area contributed by atoms with Gasteiger partial charge in [-0.1, -0.05) is 35.5 Å². The number of amides is 1. The molecule has 1 saturated carbocycles. The Bertz CT molecular complexity index is 656. The first-order chi connectivity index (χ1) is 11.2. The summed E-state index contributed by atoms with van der Waals surface area (Å²) in [7, 11) is 1.91. The van der Waals surface area contributed by atoms with Crippen LogP contribution in [0.15, 0.2) is 40.9 Å². The van der Waals surface area contributed by atoms with Crippen LogP contribution < -0.4 is 0 Å². The Balaban J connectivity index is 1.61. The molecule has 1 aliphatic rings. The summed E-state index contributed by atoms with van der Waals surface area (Å²) in [5.41, 5.74) is 1.67. The predicted molar refractivity (Wildman–Crippen MR) is 93.4 cm³/mol. The lowest BCUT2D eigenvalue weighted by atomic mass is 10.1. The zero-order valence-corrected chi connectivity index (χ0v) is 14.4. The highest BCUT2D eigenvalue weighted by atomic mass is 32.2. The first-order valence-corrected chi connectivity index (χ1v) is 9.25. The number of carbonyl (C=O) groups is 1. The Morgan fingerprint density at radius 3 is 2.83 bits per heavy atom. The van der Waals surface area contributed by atoms with Gasteiger partial charge in [0.15, 0.2) is 5.76 Å². The summed E-state index contributed by atoms with van der Waals surface area (Å²) in [4.78, 5) is 14.4. The van der Waals surface area contributed by atoms with Gasteiger partial charge in [-0.05, 0) is 25.5 Å². The van der Waals surface area contributed by atoms with Crippen molar-refractivity contribution < 1.29 is 9.32 Å². The first-order valence-electron chi connectivity index (χ1n) is 7.97. The summed E-state index contributed by atoms with van der Waals surface area (Å²) < 4.78 is 5.37. The molecule has 5 heteroatoms. The highest BCUT2D eigenvalue weighted by Gasteiger charge is 2.29. The van der Waals surface area contributed by atoms with E-state index in [9.17, 15) is 4.79 Å². The Labute approximate surface area is 141 Å². The van der Waals surface area contributed by atoms with Crippen LogP contribution in [0, 0.1) is 0 Å². The monoisotopic (exact) mass is 330 g/mol. The van der Waals surface area contributed by atoms with E-state index in [1.54, 1.807) is 0 Å². The third-order valence-corrected chi connectivity index (χ3v) is 5.68. The van der Waals surface area contributed by atoms with Crippen molar-refractivity contribution in [3.05, 3.63) is 42.1 Å². The number of hydrogen-bond donors (Lipinski definition) is 0. The molecule has 0 radical (unpaired) electrons. The van der Waals surface area contributed by atoms with Crippen LogP contribution in [0.3, 0.4) is 0 Å². The van der Waals surface area contributed by atoms with Gasteiger partial charge in [-0.3, -0.25) is 4.79 Å². The third kappa shape index (κ3) is 3.78. The van der Waals surface area contributed by atoms with Crippen LogP contribution in [-0.2, 0) is 11.2 Å². The molecule has 2 aromatic rings. The molecule has 0 N–H and O–H groups in total. The van der Waals surface area contributed by atoms with E-state index in [0.29, 0.717) is 29.2 Å². The van der Waals surface area contributed by atoms with Crippen molar-refractivity contribution in [2.45, 2.75) is 37.0 Å². The lowest BCUT2D eigenvalue weighted by molar-refractivity contribution is -0.131. The van der Waals surface area contributed by atoms with Gasteiger partial charge in [-0.2, -0.15) is 11.8 Å². The van der Waals surface area contributed by atoms with Crippen LogP contribution in [0.2, 0.25) is 0 Å². The summed E-state index contributed by atoms with van der Waals surface area (Å²) in [6.07, 6.45) is 5.84. The van der Waals surface area contributed by atoms with Gasteiger partial charge in [0.2, 0.25) is 5.91 Å². The van der Waals surface area contributed by atoms with Gasteiger partial charge in [0, 0.05) is 30.0 Å². The topological polar surface area (TPSA) is 46.3 Å². The summed E-state index contributed by atoms with van der Waals surface area (Å²) >= 11 is 1.90. The first kappa shape index (κ1) is 16.1. The van der Waals surface area contributed by atoms with Gasteiger partial charge in [-0.15, -0.1) is 0 Å². The van der Waals surface area contributed by atoms with Gasteiger partial charge in [0.25, 0.3) is 0 Å². The number of thioether (sulfide) groups is 1. The molecule has 2 unspecified atom stereocenters. The fraction of sp³-hybridized carbons (Fsp3) is 0.444. The number of carbonyl (C=O) groups excluding carboxylic acids is 1. The molecule has 122 valence electrons. The number of nitrogens with zero attached hydrogens (tertiary/aromatic N) is 2. The predicted octanol–water partition coefficient (Wildman–Crippen LogP) is 3.63. The Hall–Kier alpha value is -1.75. The highest BCUT2D eigenvalue weighted by molar-refractivity contribution is 7.99. The van der Waals surface area contributed by atoms with Gasteiger partial charge in [-0.25, -0.2) is 0 Å². The molecule has 23 heavy (non-hydrogen) atoms. The molecule has 1 heterocycles. The van der Waals surface area contributed by atoms with E-state index in [-0.39, 0.29) is 5.91 Å². The fourth-order valence-electron chi connectivity index (χ4n) is 3.10. The molecule has 2 atom stereocenters. The van der Waals surface area contributed by atoms with E-state index in [2.05, 4.69) is 11.4 Å². The highest BCUT2D eigenvalue weighted by Crippen LogP contribution is 2.31. The molecule has 1 aliphatic carbocycles. The van der Waals surface area contributed by atoms with Crippen LogP contribution in [-0.4, -0.2) is 40.6 Å². The molecule has 1 aromatic carbocycles. The number of rotatable bonds is 5. The number of likely N-dealkylation sites (N-methyl/N-ethyl adjacent to an activating group) is 1. The van der Waals surface area contributed by atoms with Gasteiger partial charge < -0.3 is 9.42 Å². The SMILES string of the molecule is CSC1CCC(N(C)C(=O)Cc2cc(-c3ccccc3)on2)C1. The smallest absolute Gasteiger partial charge is 0.228 e. The van der Waals surface area contributed by atoms with Crippen LogP contribution in [0.4, 0.5) is 0 Å². The molecule has 1 aromatic heterocycles. The van der Waals surface area contributed by atoms with Crippen LogP contribution >= 0.6 is 11.8 Å². The van der Waals surface area contributed by atoms with E-state index >= 15 is 0 Å². The van der Waals surface area contributed by atoms with Gasteiger partial charge in [0.05, 0.1) is 12.1 Å². The van der Waals surface area contributed by atoms with E-state index < -0.39 is 0 Å². The average Bonchev–Trinajstić information content (AvgIpc) is 3.24. The van der Waals surface area contributed by atoms with Crippen molar-refractivity contribution in [1.82, 2.24) is 10.1 Å². The molecule has 3 rings (SSSR count). The van der Waals surface area contributed by atoms with Crippen LogP contribution in [0.25, 0.3) is 11.3 Å². The molecule has 0 saturated heterocycles. The standard InChI is InChI=1S/C18H22N2O2S/c1-20(15-8-9-16(12-15)23-2)18(21)11-14-10-17(22-19-14)13-6-4-3-5-7-13/h3-7,10,15-16H,8-9,11-12H2,1-2H3. The normalized spacial score (nSPS) is 20.6. The summed E-state index contributed by atoms with van der Waals surface area (Å²) in [6.45, 7) is 0. The number of hydrogen-bond acceptors (Lipinski definition) is 4. The number of aromatic nitrogens is 1. The molecule has 1 amide bonds. The van der Waals surface area contributed by atoms with Crippen molar-refractivity contribution >= 4 is 17.7 Å². The maximum atomic E-state index is 12.5. The van der Waals surface area contributed by atoms with Crippen molar-refractivity contribution in [3.8, 4) is 11.3 Å². The maximum absolute atomic E-state index is 12.5. The minimum absolute atomic E-state index is 0.115.